The molecule has 1 aromatic rings. The minimum absolute atomic E-state index is 0.00960. The van der Waals surface area contributed by atoms with Crippen LogP contribution in [0.5, 0.6) is 5.88 Å². The fourth-order valence-corrected chi connectivity index (χ4v) is 2.11. The zero-order valence-electron chi connectivity index (χ0n) is 9.31. The van der Waals surface area contributed by atoms with Crippen molar-refractivity contribution in [3.8, 4) is 18.2 Å². The summed E-state index contributed by atoms with van der Waals surface area (Å²) in [6, 6.07) is 3.57. The van der Waals surface area contributed by atoms with Crippen LogP contribution >= 0.6 is 15.9 Å². The number of pyridine rings is 1. The van der Waals surface area contributed by atoms with E-state index >= 15 is 0 Å². The summed E-state index contributed by atoms with van der Waals surface area (Å²) >= 11 is 3.26. The van der Waals surface area contributed by atoms with E-state index in [0.717, 1.165) is 0 Å². The second kappa shape index (κ2) is 4.76. The summed E-state index contributed by atoms with van der Waals surface area (Å²) in [4.78, 5) is 17.6. The molecular weight excluding hydrogens is 284 g/mol. The summed E-state index contributed by atoms with van der Waals surface area (Å²) in [5.74, 6) is 3.01. The van der Waals surface area contributed by atoms with Crippen molar-refractivity contribution in [1.29, 1.82) is 0 Å². The molecule has 4 nitrogen and oxygen atoms in total. The van der Waals surface area contributed by atoms with Crippen LogP contribution in [0.1, 0.15) is 6.42 Å². The predicted molar refractivity (Wildman–Crippen MR) is 67.8 cm³/mol. The Hall–Kier alpha value is -1.54. The maximum absolute atomic E-state index is 11.8. The van der Waals surface area contributed by atoms with Crippen molar-refractivity contribution in [1.82, 2.24) is 4.98 Å². The molecule has 1 atom stereocenters. The van der Waals surface area contributed by atoms with Crippen molar-refractivity contribution in [3.63, 3.8) is 0 Å². The first kappa shape index (κ1) is 11.9. The van der Waals surface area contributed by atoms with E-state index in [4.69, 9.17) is 11.2 Å². The maximum atomic E-state index is 11.8. The number of terminal acetylenes is 1. The molecule has 1 aliphatic rings. The van der Waals surface area contributed by atoms with Gasteiger partial charge < -0.3 is 9.64 Å². The molecule has 1 saturated heterocycles. The van der Waals surface area contributed by atoms with Crippen LogP contribution in [0, 0.1) is 18.3 Å². The molecule has 88 valence electrons. The molecular formula is C12H11BrN2O2. The van der Waals surface area contributed by atoms with Crippen LogP contribution in [0.3, 0.4) is 0 Å². The van der Waals surface area contributed by atoms with Crippen molar-refractivity contribution in [2.45, 2.75) is 6.42 Å². The molecule has 2 heterocycles. The zero-order chi connectivity index (χ0) is 12.4. The smallest absolute Gasteiger partial charge is 0.238 e. The molecule has 0 aromatic carbocycles. The van der Waals surface area contributed by atoms with Crippen molar-refractivity contribution in [2.24, 2.45) is 5.92 Å². The fraction of sp³-hybridized carbons (Fsp3) is 0.333. The maximum Gasteiger partial charge on any atom is 0.238 e. The van der Waals surface area contributed by atoms with E-state index in [0.29, 0.717) is 29.1 Å². The number of anilines is 1. The molecule has 0 bridgehead atoms. The van der Waals surface area contributed by atoms with E-state index in [-0.39, 0.29) is 11.8 Å². The number of rotatable bonds is 2. The van der Waals surface area contributed by atoms with Gasteiger partial charge in [0.1, 0.15) is 10.3 Å². The number of aromatic nitrogens is 1. The Balaban J connectivity index is 2.35. The average molecular weight is 295 g/mol. The Morgan fingerprint density at radius 1 is 1.65 bits per heavy atom. The van der Waals surface area contributed by atoms with Crippen LogP contribution in [-0.4, -0.2) is 24.5 Å². The molecule has 0 aliphatic carbocycles. The molecule has 2 rings (SSSR count). The Morgan fingerprint density at radius 2 is 2.41 bits per heavy atom. The largest absolute Gasteiger partial charge is 0.479 e. The fourth-order valence-electron chi connectivity index (χ4n) is 1.82. The van der Waals surface area contributed by atoms with E-state index in [2.05, 4.69) is 26.8 Å². The summed E-state index contributed by atoms with van der Waals surface area (Å²) in [5.41, 5.74) is 0.665. The lowest BCUT2D eigenvalue weighted by atomic mass is 10.1. The molecule has 0 N–H and O–H groups in total. The zero-order valence-corrected chi connectivity index (χ0v) is 10.9. The van der Waals surface area contributed by atoms with Gasteiger partial charge in [0.15, 0.2) is 0 Å². The highest BCUT2D eigenvalue weighted by molar-refractivity contribution is 9.10. The van der Waals surface area contributed by atoms with Gasteiger partial charge in [-0.1, -0.05) is 0 Å². The minimum atomic E-state index is -0.0316. The third-order valence-electron chi connectivity index (χ3n) is 2.65. The number of carbonyl (C=O) groups is 1. The van der Waals surface area contributed by atoms with Crippen LogP contribution in [0.15, 0.2) is 16.7 Å². The van der Waals surface area contributed by atoms with Gasteiger partial charge in [-0.2, -0.15) is 0 Å². The average Bonchev–Trinajstić information content (AvgIpc) is 2.70. The van der Waals surface area contributed by atoms with Crippen LogP contribution in [0.4, 0.5) is 5.69 Å². The van der Waals surface area contributed by atoms with Crippen molar-refractivity contribution < 1.29 is 9.53 Å². The summed E-state index contributed by atoms with van der Waals surface area (Å²) in [6.45, 7) is 0.523. The van der Waals surface area contributed by atoms with Gasteiger partial charge in [-0.05, 0) is 28.1 Å². The van der Waals surface area contributed by atoms with Gasteiger partial charge in [0, 0.05) is 18.9 Å². The second-order valence-corrected chi connectivity index (χ2v) is 4.55. The van der Waals surface area contributed by atoms with Gasteiger partial charge in [0.05, 0.1) is 7.11 Å². The highest BCUT2D eigenvalue weighted by Gasteiger charge is 2.31. The molecule has 1 unspecified atom stereocenters. The summed E-state index contributed by atoms with van der Waals surface area (Å²) in [7, 11) is 1.53. The molecule has 1 amide bonds. The highest BCUT2D eigenvalue weighted by atomic mass is 79.9. The monoisotopic (exact) mass is 294 g/mol. The first-order valence-electron chi connectivity index (χ1n) is 5.12. The molecule has 17 heavy (non-hydrogen) atoms. The van der Waals surface area contributed by atoms with Crippen LogP contribution in [0.25, 0.3) is 0 Å². The van der Waals surface area contributed by atoms with E-state index in [1.807, 2.05) is 0 Å². The number of ether oxygens (including phenoxy) is 1. The SMILES string of the molecule is C#CC1CC(=O)N(c2ccc(Br)nc2OC)C1. The second-order valence-electron chi connectivity index (χ2n) is 3.73. The first-order chi connectivity index (χ1) is 8.15. The minimum Gasteiger partial charge on any atom is -0.479 e. The van der Waals surface area contributed by atoms with Crippen LogP contribution in [0.2, 0.25) is 0 Å². The van der Waals surface area contributed by atoms with Gasteiger partial charge >= 0.3 is 0 Å². The first-order valence-corrected chi connectivity index (χ1v) is 5.92. The van der Waals surface area contributed by atoms with Crippen LogP contribution in [-0.2, 0) is 4.79 Å². The molecule has 0 saturated carbocycles. The normalized spacial score (nSPS) is 19.2. The Kier molecular flexibility index (Phi) is 3.34. The van der Waals surface area contributed by atoms with Crippen LogP contribution < -0.4 is 9.64 Å². The van der Waals surface area contributed by atoms with Crippen molar-refractivity contribution in [3.05, 3.63) is 16.7 Å². The summed E-state index contributed by atoms with van der Waals surface area (Å²) in [6.07, 6.45) is 5.73. The number of halogens is 1. The standard InChI is InChI=1S/C12H11BrN2O2/c1-3-8-6-11(16)15(7-8)9-4-5-10(13)14-12(9)17-2/h1,4-5,8H,6-7H2,2H3. The number of methoxy groups -OCH3 is 1. The van der Waals surface area contributed by atoms with E-state index in [1.165, 1.54) is 7.11 Å². The molecule has 1 aliphatic heterocycles. The number of amides is 1. The molecule has 1 aromatic heterocycles. The van der Waals surface area contributed by atoms with Gasteiger partial charge in [-0.15, -0.1) is 12.3 Å². The van der Waals surface area contributed by atoms with Crippen molar-refractivity contribution in [2.75, 3.05) is 18.6 Å². The number of hydrogen-bond acceptors (Lipinski definition) is 3. The van der Waals surface area contributed by atoms with Crippen molar-refractivity contribution >= 4 is 27.5 Å². The van der Waals surface area contributed by atoms with Gasteiger partial charge in [-0.3, -0.25) is 4.79 Å². The molecule has 1 fully saturated rings. The molecule has 5 heteroatoms. The lowest BCUT2D eigenvalue weighted by Gasteiger charge is -2.18. The third kappa shape index (κ3) is 2.27. The highest BCUT2D eigenvalue weighted by Crippen LogP contribution is 2.32. The van der Waals surface area contributed by atoms with E-state index in [9.17, 15) is 4.79 Å². The lowest BCUT2D eigenvalue weighted by Crippen LogP contribution is -2.25. The van der Waals surface area contributed by atoms with Gasteiger partial charge in [0.2, 0.25) is 11.8 Å². The third-order valence-corrected chi connectivity index (χ3v) is 3.09. The molecule has 0 spiro atoms. The number of hydrogen-bond donors (Lipinski definition) is 0. The molecule has 0 radical (unpaired) electrons. The Bertz CT molecular complexity index is 496. The topological polar surface area (TPSA) is 42.4 Å². The van der Waals surface area contributed by atoms with E-state index < -0.39 is 0 Å². The Labute approximate surface area is 108 Å². The number of nitrogens with zero attached hydrogens (tertiary/aromatic N) is 2. The number of carbonyl (C=O) groups excluding carboxylic acids is 1. The predicted octanol–water partition coefficient (Wildman–Crippen LogP) is 1.84. The Morgan fingerprint density at radius 3 is 3.00 bits per heavy atom. The summed E-state index contributed by atoms with van der Waals surface area (Å²) in [5, 5.41) is 0. The van der Waals surface area contributed by atoms with E-state index in [1.54, 1.807) is 17.0 Å². The lowest BCUT2D eigenvalue weighted by molar-refractivity contribution is -0.117. The summed E-state index contributed by atoms with van der Waals surface area (Å²) < 4.78 is 5.83. The van der Waals surface area contributed by atoms with Gasteiger partial charge in [-0.25, -0.2) is 4.98 Å². The van der Waals surface area contributed by atoms with Gasteiger partial charge in [0.25, 0.3) is 0 Å². The quantitative estimate of drug-likeness (QED) is 0.617.